The Balaban J connectivity index is 1.99. The predicted octanol–water partition coefficient (Wildman–Crippen LogP) is 2.78. The molecule has 0 radical (unpaired) electrons. The van der Waals surface area contributed by atoms with Crippen LogP contribution in [-0.4, -0.2) is 24.1 Å². The summed E-state index contributed by atoms with van der Waals surface area (Å²) in [6, 6.07) is 10.1. The quantitative estimate of drug-likeness (QED) is 0.615. The van der Waals surface area contributed by atoms with Gasteiger partial charge in [0.25, 0.3) is 5.91 Å². The van der Waals surface area contributed by atoms with Gasteiger partial charge in [-0.05, 0) is 24.3 Å². The van der Waals surface area contributed by atoms with Gasteiger partial charge in [-0.2, -0.15) is 19.1 Å². The molecule has 3 rings (SSSR count). The summed E-state index contributed by atoms with van der Waals surface area (Å²) < 4.78 is 54.1. The van der Waals surface area contributed by atoms with Crippen LogP contribution in [0.4, 0.5) is 14.5 Å². The zero-order valence-corrected chi connectivity index (χ0v) is 16.5. The molecular formula is C18H12ClF2N5O3S. The number of benzene rings is 2. The Labute approximate surface area is 174 Å². The van der Waals surface area contributed by atoms with Crippen molar-refractivity contribution < 1.29 is 22.0 Å². The Bertz CT molecular complexity index is 1280. The van der Waals surface area contributed by atoms with E-state index >= 15 is 0 Å². The van der Waals surface area contributed by atoms with Gasteiger partial charge in [-0.25, -0.2) is 18.2 Å². The van der Waals surface area contributed by atoms with Crippen LogP contribution in [0.15, 0.2) is 59.8 Å². The predicted molar refractivity (Wildman–Crippen MR) is 104 cm³/mol. The highest BCUT2D eigenvalue weighted by atomic mass is 35.5. The lowest BCUT2D eigenvalue weighted by molar-refractivity contribution is -0.140. The molecule has 12 heteroatoms. The fourth-order valence-corrected chi connectivity index (χ4v) is 3.57. The van der Waals surface area contributed by atoms with Crippen molar-refractivity contribution in [3.05, 3.63) is 71.0 Å². The van der Waals surface area contributed by atoms with Gasteiger partial charge in [0.2, 0.25) is 10.0 Å². The number of alkyl halides is 2. The molecule has 154 valence electrons. The second kappa shape index (κ2) is 7.83. The van der Waals surface area contributed by atoms with E-state index in [1.807, 2.05) is 11.4 Å². The Morgan fingerprint density at radius 2 is 1.97 bits per heavy atom. The molecule has 0 aliphatic carbocycles. The lowest BCUT2D eigenvalue weighted by Gasteiger charge is -2.18. The minimum absolute atomic E-state index is 0.0325. The number of carbonyl (C=O) groups is 1. The third kappa shape index (κ3) is 4.16. The number of hydrogen-bond acceptors (Lipinski definition) is 5. The van der Waals surface area contributed by atoms with Gasteiger partial charge in [0.15, 0.2) is 0 Å². The zero-order chi connectivity index (χ0) is 22.1. The largest absolute Gasteiger partial charge is 0.351 e. The smallest absolute Gasteiger partial charge is 0.320 e. The summed E-state index contributed by atoms with van der Waals surface area (Å²) >= 11 is 5.75. The number of sulfonamides is 1. The van der Waals surface area contributed by atoms with E-state index in [1.54, 1.807) is 0 Å². The highest BCUT2D eigenvalue weighted by molar-refractivity contribution is 7.89. The van der Waals surface area contributed by atoms with Gasteiger partial charge in [0.1, 0.15) is 11.0 Å². The fourth-order valence-electron chi connectivity index (χ4n) is 2.57. The number of amides is 1. The normalized spacial score (nSPS) is 11.7. The van der Waals surface area contributed by atoms with Gasteiger partial charge < -0.3 is 5.32 Å². The fraction of sp³-hybridized carbons (Fsp3) is 0.0556. The zero-order valence-electron chi connectivity index (χ0n) is 14.9. The van der Waals surface area contributed by atoms with Crippen LogP contribution in [0.25, 0.3) is 5.69 Å². The maximum atomic E-state index is 14.5. The van der Waals surface area contributed by atoms with Crippen molar-refractivity contribution in [2.75, 3.05) is 5.32 Å². The first kappa shape index (κ1) is 21.4. The van der Waals surface area contributed by atoms with Crippen molar-refractivity contribution >= 4 is 33.2 Å². The number of rotatable bonds is 5. The molecular weight excluding hydrogens is 440 g/mol. The highest BCUT2D eigenvalue weighted by Gasteiger charge is 2.42. The molecule has 1 amide bonds. The number of hydrogen-bond donors (Lipinski definition) is 2. The number of halogens is 3. The number of primary sulfonamides is 1. The molecule has 0 saturated carbocycles. The summed E-state index contributed by atoms with van der Waals surface area (Å²) in [4.78, 5) is 11.7. The van der Waals surface area contributed by atoms with Crippen LogP contribution in [0.5, 0.6) is 0 Å². The van der Waals surface area contributed by atoms with Crippen molar-refractivity contribution in [2.24, 2.45) is 5.14 Å². The van der Waals surface area contributed by atoms with Gasteiger partial charge in [-0.3, -0.25) is 4.79 Å². The molecule has 0 aliphatic rings. The van der Waals surface area contributed by atoms with Gasteiger partial charge in [0, 0.05) is 17.4 Å². The van der Waals surface area contributed by atoms with Crippen molar-refractivity contribution in [1.82, 2.24) is 9.78 Å². The first-order chi connectivity index (χ1) is 14.0. The number of nitrogens with two attached hydrogens (primary N) is 1. The van der Waals surface area contributed by atoms with E-state index in [1.165, 1.54) is 42.7 Å². The third-order valence-corrected chi connectivity index (χ3v) is 5.25. The molecule has 0 unspecified atom stereocenters. The Kier molecular flexibility index (Phi) is 5.58. The second-order valence-corrected chi connectivity index (χ2v) is 7.96. The molecule has 3 aromatic rings. The first-order valence-electron chi connectivity index (χ1n) is 8.10. The van der Waals surface area contributed by atoms with E-state index in [9.17, 15) is 22.0 Å². The van der Waals surface area contributed by atoms with Gasteiger partial charge in [-0.1, -0.05) is 29.8 Å². The Morgan fingerprint density at radius 3 is 2.57 bits per heavy atom. The van der Waals surface area contributed by atoms with E-state index in [4.69, 9.17) is 22.0 Å². The summed E-state index contributed by atoms with van der Waals surface area (Å²) in [5, 5.41) is 19.6. The molecule has 0 aliphatic heterocycles. The molecule has 30 heavy (non-hydrogen) atoms. The molecule has 0 spiro atoms. The van der Waals surface area contributed by atoms with Crippen molar-refractivity contribution in [1.29, 1.82) is 5.26 Å². The summed E-state index contributed by atoms with van der Waals surface area (Å²) in [5.74, 6) is -5.70. The van der Waals surface area contributed by atoms with Gasteiger partial charge >= 0.3 is 5.92 Å². The maximum Gasteiger partial charge on any atom is 0.351 e. The molecule has 0 atom stereocenters. The molecule has 0 bridgehead atoms. The molecule has 8 nitrogen and oxygen atoms in total. The molecule has 1 aromatic heterocycles. The third-order valence-electron chi connectivity index (χ3n) is 3.98. The number of anilines is 1. The van der Waals surface area contributed by atoms with Crippen LogP contribution < -0.4 is 10.5 Å². The Morgan fingerprint density at radius 1 is 1.27 bits per heavy atom. The van der Waals surface area contributed by atoms with Crippen LogP contribution in [-0.2, 0) is 20.7 Å². The van der Waals surface area contributed by atoms with E-state index in [0.717, 1.165) is 16.8 Å². The first-order valence-corrected chi connectivity index (χ1v) is 10.0. The van der Waals surface area contributed by atoms with Gasteiger partial charge in [0.05, 0.1) is 22.5 Å². The van der Waals surface area contributed by atoms with E-state index in [0.29, 0.717) is 0 Å². The summed E-state index contributed by atoms with van der Waals surface area (Å²) in [7, 11) is -4.34. The summed E-state index contributed by atoms with van der Waals surface area (Å²) in [5.41, 5.74) is -0.817. The summed E-state index contributed by atoms with van der Waals surface area (Å²) in [6.45, 7) is 0. The number of nitrogens with one attached hydrogen (secondary N) is 1. The van der Waals surface area contributed by atoms with Crippen LogP contribution in [0.1, 0.15) is 11.1 Å². The lowest BCUT2D eigenvalue weighted by Crippen LogP contribution is -2.32. The maximum absolute atomic E-state index is 14.5. The van der Waals surface area contributed by atoms with E-state index in [-0.39, 0.29) is 22.0 Å². The van der Waals surface area contributed by atoms with E-state index < -0.39 is 32.3 Å². The van der Waals surface area contributed by atoms with Crippen LogP contribution in [0.2, 0.25) is 5.02 Å². The monoisotopic (exact) mass is 451 g/mol. The minimum atomic E-state index is -4.34. The lowest BCUT2D eigenvalue weighted by atomic mass is 10.1. The number of aromatic nitrogens is 2. The second-order valence-electron chi connectivity index (χ2n) is 6.02. The van der Waals surface area contributed by atoms with Crippen LogP contribution >= 0.6 is 11.6 Å². The van der Waals surface area contributed by atoms with E-state index in [2.05, 4.69) is 5.10 Å². The molecule has 0 fully saturated rings. The van der Waals surface area contributed by atoms with Crippen molar-refractivity contribution in [3.8, 4) is 11.8 Å². The van der Waals surface area contributed by atoms with Crippen LogP contribution in [0.3, 0.4) is 0 Å². The van der Waals surface area contributed by atoms with Crippen molar-refractivity contribution in [3.63, 3.8) is 0 Å². The van der Waals surface area contributed by atoms with Crippen LogP contribution in [0, 0.1) is 11.3 Å². The average Bonchev–Trinajstić information content (AvgIpc) is 3.16. The van der Waals surface area contributed by atoms with Gasteiger partial charge in [-0.15, -0.1) is 0 Å². The molecule has 0 saturated heterocycles. The average molecular weight is 452 g/mol. The number of carbonyl (C=O) groups excluding carboxylic acids is 1. The molecule has 3 N–H and O–H groups in total. The topological polar surface area (TPSA) is 131 Å². The summed E-state index contributed by atoms with van der Waals surface area (Å²) in [6.07, 6.45) is 2.46. The van der Waals surface area contributed by atoms with Crippen molar-refractivity contribution in [2.45, 2.75) is 10.8 Å². The Hall–Kier alpha value is -3.33. The minimum Gasteiger partial charge on any atom is -0.320 e. The SMILES string of the molecule is N#Cc1cnn(-c2ccc(NC(=O)C(F)(F)c3ccccc3Cl)cc2S(N)(=O)=O)c1. The standard InChI is InChI=1S/C18H12ClF2N5O3S/c19-14-4-2-1-3-13(14)18(20,21)17(27)25-12-5-6-15(16(7-12)30(23,28)29)26-10-11(8-22)9-24-26/h1-7,9-10H,(H,25,27)(H2,23,28,29). The highest BCUT2D eigenvalue weighted by Crippen LogP contribution is 2.34. The number of nitrogens with zero attached hydrogens (tertiary/aromatic N) is 3. The molecule has 1 heterocycles. The number of nitriles is 1. The molecule has 2 aromatic carbocycles.